The van der Waals surface area contributed by atoms with Gasteiger partial charge in [-0.15, -0.1) is 20.2 Å². The molecule has 14 nitrogen and oxygen atoms in total. The maximum atomic E-state index is 12.0. The van der Waals surface area contributed by atoms with Crippen molar-refractivity contribution in [2.75, 3.05) is 26.4 Å². The molecule has 0 aromatic heterocycles. The highest BCUT2D eigenvalue weighted by Gasteiger charge is 2.26. The zero-order valence-corrected chi connectivity index (χ0v) is 15.1. The molecule has 1 unspecified atom stereocenters. The van der Waals surface area contributed by atoms with E-state index in [1.165, 1.54) is 0 Å². The average molecular weight is 409 g/mol. The molecule has 2 N–H and O–H groups in total. The van der Waals surface area contributed by atoms with Crippen LogP contribution >= 0.6 is 0 Å². The van der Waals surface area contributed by atoms with Gasteiger partial charge < -0.3 is 24.9 Å². The predicted octanol–water partition coefficient (Wildman–Crippen LogP) is -0.0685. The molecular formula is C14H23N3O11. The summed E-state index contributed by atoms with van der Waals surface area (Å²) in [6.45, 7) is -0.377. The molecular weight excluding hydrogens is 386 g/mol. The number of ether oxygens (including phenoxy) is 2. The van der Waals surface area contributed by atoms with E-state index in [1.54, 1.807) is 0 Å². The third kappa shape index (κ3) is 15.1. The first-order chi connectivity index (χ1) is 13.2. The lowest BCUT2D eigenvalue weighted by Crippen LogP contribution is -2.27. The Hall–Kier alpha value is -3.19. The van der Waals surface area contributed by atoms with Gasteiger partial charge in [0.2, 0.25) is 5.91 Å². The Bertz CT molecular complexity index is 541. The third-order valence-corrected chi connectivity index (χ3v) is 3.17. The molecule has 0 radical (unpaired) electrons. The summed E-state index contributed by atoms with van der Waals surface area (Å²) in [6, 6.07) is 0. The van der Waals surface area contributed by atoms with E-state index in [9.17, 15) is 34.6 Å². The van der Waals surface area contributed by atoms with Gasteiger partial charge >= 0.3 is 11.9 Å². The maximum Gasteiger partial charge on any atom is 0.310 e. The molecule has 0 aliphatic rings. The van der Waals surface area contributed by atoms with Gasteiger partial charge in [0.05, 0.1) is 38.8 Å². The fourth-order valence-electron chi connectivity index (χ4n) is 1.90. The molecule has 0 bridgehead atoms. The molecule has 0 aliphatic carbocycles. The molecule has 0 fully saturated rings. The van der Waals surface area contributed by atoms with Crippen molar-refractivity contribution in [1.29, 1.82) is 0 Å². The first-order valence-corrected chi connectivity index (χ1v) is 8.37. The molecule has 0 aromatic carbocycles. The van der Waals surface area contributed by atoms with Gasteiger partial charge in [-0.05, 0) is 25.7 Å². The normalized spacial score (nSPS) is 11.1. The van der Waals surface area contributed by atoms with Crippen LogP contribution in [-0.4, -0.2) is 54.4 Å². The number of amides is 1. The maximum absolute atomic E-state index is 12.0. The number of esters is 2. The minimum atomic E-state index is -1.11. The van der Waals surface area contributed by atoms with Crippen LogP contribution in [0.25, 0.3) is 0 Å². The number of carbonyl (C=O) groups is 3. The fourth-order valence-corrected chi connectivity index (χ4v) is 1.90. The Morgan fingerprint density at radius 3 is 1.71 bits per heavy atom. The van der Waals surface area contributed by atoms with Crippen LogP contribution in [-0.2, 0) is 33.5 Å². The Morgan fingerprint density at radius 2 is 1.25 bits per heavy atom. The Kier molecular flexibility index (Phi) is 13.2. The molecule has 0 saturated carbocycles. The monoisotopic (exact) mass is 409 g/mol. The quantitative estimate of drug-likeness (QED) is 0.146. The van der Waals surface area contributed by atoms with E-state index in [-0.39, 0.29) is 32.8 Å². The summed E-state index contributed by atoms with van der Waals surface area (Å²) in [6.07, 6.45) is 0.348. The highest BCUT2D eigenvalue weighted by Crippen LogP contribution is 2.13. The van der Waals surface area contributed by atoms with Gasteiger partial charge in [-0.25, -0.2) is 0 Å². The van der Waals surface area contributed by atoms with Crippen LogP contribution in [0.1, 0.15) is 38.5 Å². The number of carbonyl (C=O) groups excluding carboxylic acids is 3. The number of primary amides is 1. The second-order valence-electron chi connectivity index (χ2n) is 5.49. The highest BCUT2D eigenvalue weighted by atomic mass is 17.0. The van der Waals surface area contributed by atoms with Gasteiger partial charge in [-0.2, -0.15) is 0 Å². The van der Waals surface area contributed by atoms with E-state index in [1.807, 2.05) is 0 Å². The van der Waals surface area contributed by atoms with Gasteiger partial charge in [0.1, 0.15) is 0 Å². The van der Waals surface area contributed by atoms with Crippen LogP contribution in [0.3, 0.4) is 0 Å². The van der Waals surface area contributed by atoms with E-state index in [0.29, 0.717) is 19.3 Å². The number of nitrogens with zero attached hydrogens (tertiary/aromatic N) is 2. The number of hydrogen-bond acceptors (Lipinski definition) is 11. The molecule has 1 atom stereocenters. The van der Waals surface area contributed by atoms with Crippen molar-refractivity contribution in [2.45, 2.75) is 38.5 Å². The van der Waals surface area contributed by atoms with Crippen molar-refractivity contribution >= 4 is 17.8 Å². The summed E-state index contributed by atoms with van der Waals surface area (Å²) in [7, 11) is 0. The molecule has 1 amide bonds. The van der Waals surface area contributed by atoms with Gasteiger partial charge in [0, 0.05) is 6.42 Å². The number of nitrogens with two attached hydrogens (primary N) is 1. The highest BCUT2D eigenvalue weighted by molar-refractivity contribution is 5.85. The topological polar surface area (TPSA) is 200 Å². The van der Waals surface area contributed by atoms with E-state index >= 15 is 0 Å². The smallest absolute Gasteiger partial charge is 0.310 e. The zero-order chi connectivity index (χ0) is 21.4. The van der Waals surface area contributed by atoms with E-state index < -0.39 is 46.8 Å². The number of rotatable bonds is 17. The summed E-state index contributed by atoms with van der Waals surface area (Å²) in [4.78, 5) is 62.9. The zero-order valence-electron chi connectivity index (χ0n) is 15.1. The van der Waals surface area contributed by atoms with Crippen molar-refractivity contribution in [3.8, 4) is 0 Å². The van der Waals surface area contributed by atoms with E-state index in [2.05, 4.69) is 9.68 Å². The Balaban J connectivity index is 4.14. The molecule has 0 rings (SSSR count). The molecule has 28 heavy (non-hydrogen) atoms. The Morgan fingerprint density at radius 1 is 0.786 bits per heavy atom. The van der Waals surface area contributed by atoms with Crippen molar-refractivity contribution in [3.05, 3.63) is 20.2 Å². The molecule has 0 spiro atoms. The molecule has 160 valence electrons. The number of unbranched alkanes of at least 4 members (excludes halogenated alkanes) is 2. The van der Waals surface area contributed by atoms with E-state index in [4.69, 9.17) is 15.2 Å². The van der Waals surface area contributed by atoms with Crippen LogP contribution in [0, 0.1) is 26.1 Å². The second kappa shape index (κ2) is 14.9. The lowest BCUT2D eigenvalue weighted by Gasteiger charge is -2.14. The number of hydrogen-bond donors (Lipinski definition) is 1. The SMILES string of the molecule is NC(=O)CC(CC(=O)OCCCCO[N+](=O)[O-])C(=O)OCCCCO[N+](=O)[O-]. The van der Waals surface area contributed by atoms with Gasteiger partial charge in [-0.3, -0.25) is 14.4 Å². The first kappa shape index (κ1) is 24.8. The summed E-state index contributed by atoms with van der Waals surface area (Å²) in [5, 5.41) is 18.1. The minimum absolute atomic E-state index is 0.0330. The van der Waals surface area contributed by atoms with Gasteiger partial charge in [0.25, 0.3) is 10.2 Å². The summed E-state index contributed by atoms with van der Waals surface area (Å²) >= 11 is 0. The summed E-state index contributed by atoms with van der Waals surface area (Å²) < 4.78 is 9.82. The third-order valence-electron chi connectivity index (χ3n) is 3.17. The fraction of sp³-hybridized carbons (Fsp3) is 0.786. The predicted molar refractivity (Wildman–Crippen MR) is 88.2 cm³/mol. The van der Waals surface area contributed by atoms with Crippen LogP contribution in [0.15, 0.2) is 0 Å². The Labute approximate surface area is 159 Å². The first-order valence-electron chi connectivity index (χ1n) is 8.37. The molecule has 14 heteroatoms. The second-order valence-corrected chi connectivity index (χ2v) is 5.49. The van der Waals surface area contributed by atoms with Gasteiger partial charge in [0.15, 0.2) is 0 Å². The minimum Gasteiger partial charge on any atom is -0.466 e. The van der Waals surface area contributed by atoms with Crippen LogP contribution < -0.4 is 5.73 Å². The largest absolute Gasteiger partial charge is 0.466 e. The van der Waals surface area contributed by atoms with Crippen molar-refractivity contribution in [2.24, 2.45) is 11.7 Å². The van der Waals surface area contributed by atoms with Crippen molar-refractivity contribution < 1.29 is 43.7 Å². The molecule has 0 aliphatic heterocycles. The van der Waals surface area contributed by atoms with E-state index in [0.717, 1.165) is 0 Å². The standard InChI is InChI=1S/C14H23N3O11/c15-12(18)9-11(14(20)26-6-2-4-8-28-17(23)24)10-13(19)25-5-1-3-7-27-16(21)22/h11H,1-10H2,(H2,15,18). The van der Waals surface area contributed by atoms with Crippen LogP contribution in [0.2, 0.25) is 0 Å². The van der Waals surface area contributed by atoms with Crippen molar-refractivity contribution in [3.63, 3.8) is 0 Å². The molecule has 0 aromatic rings. The molecule has 0 saturated heterocycles. The lowest BCUT2D eigenvalue weighted by molar-refractivity contribution is -0.757. The van der Waals surface area contributed by atoms with Crippen LogP contribution in [0.4, 0.5) is 0 Å². The van der Waals surface area contributed by atoms with Crippen molar-refractivity contribution in [1.82, 2.24) is 0 Å². The van der Waals surface area contributed by atoms with Crippen LogP contribution in [0.5, 0.6) is 0 Å². The lowest BCUT2D eigenvalue weighted by atomic mass is 10.0. The average Bonchev–Trinajstić information content (AvgIpc) is 2.59. The summed E-state index contributed by atoms with van der Waals surface area (Å²) in [5.74, 6) is -3.48. The molecule has 0 heterocycles. The van der Waals surface area contributed by atoms with Gasteiger partial charge in [-0.1, -0.05) is 0 Å². The summed E-state index contributed by atoms with van der Waals surface area (Å²) in [5.41, 5.74) is 5.06.